The van der Waals surface area contributed by atoms with E-state index in [0.717, 1.165) is 32.4 Å². The Labute approximate surface area is 122 Å². The van der Waals surface area contributed by atoms with E-state index in [1.807, 2.05) is 0 Å². The molecule has 0 aromatic heterocycles. The number of nitrogens with two attached hydrogens (primary N) is 1. The molecule has 0 aliphatic carbocycles. The fourth-order valence-corrected chi connectivity index (χ4v) is 1.76. The summed E-state index contributed by atoms with van der Waals surface area (Å²) in [6.07, 6.45) is 3.33. The van der Waals surface area contributed by atoms with E-state index in [9.17, 15) is 0 Å². The number of rotatable bonds is 5. The third kappa shape index (κ3) is 7.08. The second-order valence-corrected chi connectivity index (χ2v) is 5.21. The summed E-state index contributed by atoms with van der Waals surface area (Å²) in [6.45, 7) is 8.90. The molecule has 0 aromatic carbocycles. The van der Waals surface area contributed by atoms with Crippen molar-refractivity contribution in [2.45, 2.75) is 45.6 Å². The lowest BCUT2D eigenvalue weighted by molar-refractivity contribution is 0.0284. The Kier molecular flexibility index (Phi) is 8.11. The van der Waals surface area contributed by atoms with Gasteiger partial charge in [0.25, 0.3) is 0 Å². The number of nitrogens with zero attached hydrogens (tertiary/aromatic N) is 1. The van der Waals surface area contributed by atoms with E-state index < -0.39 is 0 Å². The molecule has 1 aliphatic rings. The van der Waals surface area contributed by atoms with Gasteiger partial charge in [-0.15, -0.1) is 24.0 Å². The van der Waals surface area contributed by atoms with Gasteiger partial charge in [0, 0.05) is 13.2 Å². The maximum Gasteiger partial charge on any atom is 0.188 e. The monoisotopic (exact) mass is 355 g/mol. The Morgan fingerprint density at radius 1 is 1.53 bits per heavy atom. The smallest absolute Gasteiger partial charge is 0.188 e. The predicted octanol–water partition coefficient (Wildman–Crippen LogP) is 2.12. The summed E-state index contributed by atoms with van der Waals surface area (Å²) in [6, 6.07) is 0. The highest BCUT2D eigenvalue weighted by Crippen LogP contribution is 2.24. The average molecular weight is 355 g/mol. The lowest BCUT2D eigenvalue weighted by atomic mass is 10.0. The molecule has 0 amide bonds. The maximum absolute atomic E-state index is 5.78. The van der Waals surface area contributed by atoms with Crippen LogP contribution in [0.25, 0.3) is 0 Å². The zero-order chi connectivity index (χ0) is 12.0. The number of ether oxygens (including phenoxy) is 1. The van der Waals surface area contributed by atoms with Crippen LogP contribution in [0.3, 0.4) is 0 Å². The molecule has 17 heavy (non-hydrogen) atoms. The highest BCUT2D eigenvalue weighted by Gasteiger charge is 2.29. The van der Waals surface area contributed by atoms with Crippen LogP contribution in [-0.4, -0.2) is 31.3 Å². The van der Waals surface area contributed by atoms with Crippen LogP contribution >= 0.6 is 24.0 Å². The van der Waals surface area contributed by atoms with Crippen molar-refractivity contribution >= 4 is 29.9 Å². The van der Waals surface area contributed by atoms with Crippen LogP contribution in [0, 0.1) is 5.92 Å². The van der Waals surface area contributed by atoms with Crippen molar-refractivity contribution in [3.63, 3.8) is 0 Å². The Bertz CT molecular complexity index is 238. The van der Waals surface area contributed by atoms with E-state index in [-0.39, 0.29) is 29.6 Å². The third-order valence-electron chi connectivity index (χ3n) is 2.91. The fourth-order valence-electron chi connectivity index (χ4n) is 1.76. The molecule has 1 atom stereocenters. The molecule has 102 valence electrons. The van der Waals surface area contributed by atoms with Gasteiger partial charge in [0.15, 0.2) is 5.96 Å². The van der Waals surface area contributed by atoms with Crippen molar-refractivity contribution in [3.8, 4) is 0 Å². The van der Waals surface area contributed by atoms with Gasteiger partial charge >= 0.3 is 0 Å². The zero-order valence-corrected chi connectivity index (χ0v) is 13.5. The first-order valence-electron chi connectivity index (χ1n) is 6.19. The number of nitrogens with one attached hydrogen (secondary N) is 1. The second kappa shape index (κ2) is 8.13. The molecule has 1 heterocycles. The molecule has 3 N–H and O–H groups in total. The van der Waals surface area contributed by atoms with E-state index >= 15 is 0 Å². The minimum atomic E-state index is -0.0929. The molecule has 0 saturated carbocycles. The summed E-state index contributed by atoms with van der Waals surface area (Å²) >= 11 is 0. The lowest BCUT2D eigenvalue weighted by Gasteiger charge is -2.20. The molecule has 1 saturated heterocycles. The van der Waals surface area contributed by atoms with Crippen LogP contribution in [0.5, 0.6) is 0 Å². The minimum Gasteiger partial charge on any atom is -0.373 e. The highest BCUT2D eigenvalue weighted by atomic mass is 127. The van der Waals surface area contributed by atoms with E-state index in [0.29, 0.717) is 18.4 Å². The molecule has 0 bridgehead atoms. The van der Waals surface area contributed by atoms with E-state index in [1.54, 1.807) is 0 Å². The Balaban J connectivity index is 0.00000256. The van der Waals surface area contributed by atoms with Crippen LogP contribution in [0.4, 0.5) is 0 Å². The molecule has 1 unspecified atom stereocenters. The van der Waals surface area contributed by atoms with Gasteiger partial charge in [0.1, 0.15) is 0 Å². The molecular weight excluding hydrogens is 329 g/mol. The number of hydrogen-bond acceptors (Lipinski definition) is 2. The van der Waals surface area contributed by atoms with Gasteiger partial charge < -0.3 is 15.8 Å². The van der Waals surface area contributed by atoms with Gasteiger partial charge in [-0.2, -0.15) is 0 Å². The Hall–Kier alpha value is -0.0400. The summed E-state index contributed by atoms with van der Waals surface area (Å²) in [5, 5.41) is 3.13. The first-order valence-corrected chi connectivity index (χ1v) is 6.19. The van der Waals surface area contributed by atoms with Crippen LogP contribution < -0.4 is 11.1 Å². The van der Waals surface area contributed by atoms with Gasteiger partial charge in [0.2, 0.25) is 0 Å². The average Bonchev–Trinajstić information content (AvgIpc) is 2.62. The van der Waals surface area contributed by atoms with Gasteiger partial charge in [-0.05, 0) is 32.1 Å². The molecule has 4 nitrogen and oxygen atoms in total. The van der Waals surface area contributed by atoms with E-state index in [2.05, 4.69) is 31.1 Å². The largest absolute Gasteiger partial charge is 0.373 e. The van der Waals surface area contributed by atoms with Crippen molar-refractivity contribution in [2.75, 3.05) is 19.7 Å². The lowest BCUT2D eigenvalue weighted by Crippen LogP contribution is -2.35. The number of halogens is 1. The van der Waals surface area contributed by atoms with E-state index in [1.165, 1.54) is 0 Å². The summed E-state index contributed by atoms with van der Waals surface area (Å²) in [5.41, 5.74) is 5.69. The van der Waals surface area contributed by atoms with Crippen LogP contribution in [0.2, 0.25) is 0 Å². The highest BCUT2D eigenvalue weighted by molar-refractivity contribution is 14.0. The normalized spacial score (nSPS) is 24.8. The molecular formula is C12H26IN3O. The summed E-state index contributed by atoms with van der Waals surface area (Å²) in [7, 11) is 0. The van der Waals surface area contributed by atoms with Crippen LogP contribution in [0.1, 0.15) is 40.0 Å². The van der Waals surface area contributed by atoms with E-state index in [4.69, 9.17) is 10.5 Å². The van der Waals surface area contributed by atoms with Gasteiger partial charge in [-0.1, -0.05) is 13.8 Å². The molecule has 0 aromatic rings. The SMILES string of the molecule is CC(C)CCNC(N)=NCC1(C)CCCO1.I. The quantitative estimate of drug-likeness (QED) is 0.451. The molecule has 0 radical (unpaired) electrons. The molecule has 5 heteroatoms. The minimum absolute atomic E-state index is 0. The van der Waals surface area contributed by atoms with Crippen molar-refractivity contribution in [1.82, 2.24) is 5.32 Å². The molecule has 1 rings (SSSR count). The standard InChI is InChI=1S/C12H25N3O.HI/c1-10(2)5-7-14-11(13)15-9-12(3)6-4-8-16-12;/h10H,4-9H2,1-3H3,(H3,13,14,15);1H. The van der Waals surface area contributed by atoms with Crippen LogP contribution in [-0.2, 0) is 4.74 Å². The summed E-state index contributed by atoms with van der Waals surface area (Å²) < 4.78 is 5.64. The van der Waals surface area contributed by atoms with Crippen molar-refractivity contribution in [3.05, 3.63) is 0 Å². The second-order valence-electron chi connectivity index (χ2n) is 5.21. The fraction of sp³-hybridized carbons (Fsp3) is 0.917. The first kappa shape index (κ1) is 17.0. The van der Waals surface area contributed by atoms with Crippen molar-refractivity contribution in [1.29, 1.82) is 0 Å². The number of hydrogen-bond donors (Lipinski definition) is 2. The summed E-state index contributed by atoms with van der Waals surface area (Å²) in [5.74, 6) is 1.23. The van der Waals surface area contributed by atoms with Gasteiger partial charge in [-0.25, -0.2) is 0 Å². The number of guanidine groups is 1. The topological polar surface area (TPSA) is 59.6 Å². The van der Waals surface area contributed by atoms with Crippen LogP contribution in [0.15, 0.2) is 4.99 Å². The maximum atomic E-state index is 5.78. The Morgan fingerprint density at radius 3 is 2.76 bits per heavy atom. The molecule has 1 fully saturated rings. The number of aliphatic imine (C=N–C) groups is 1. The molecule has 0 spiro atoms. The summed E-state index contributed by atoms with van der Waals surface area (Å²) in [4.78, 5) is 4.33. The van der Waals surface area contributed by atoms with Gasteiger partial charge in [0.05, 0.1) is 12.1 Å². The third-order valence-corrected chi connectivity index (χ3v) is 2.91. The Morgan fingerprint density at radius 2 is 2.24 bits per heavy atom. The zero-order valence-electron chi connectivity index (χ0n) is 11.2. The van der Waals surface area contributed by atoms with Gasteiger partial charge in [-0.3, -0.25) is 4.99 Å². The predicted molar refractivity (Wildman–Crippen MR) is 83.0 cm³/mol. The van der Waals surface area contributed by atoms with Crippen molar-refractivity contribution in [2.24, 2.45) is 16.6 Å². The van der Waals surface area contributed by atoms with Crippen molar-refractivity contribution < 1.29 is 4.74 Å². The first-order chi connectivity index (χ1) is 7.52. The molecule has 1 aliphatic heterocycles.